The molecule has 0 aliphatic carbocycles. The van der Waals surface area contributed by atoms with E-state index in [9.17, 15) is 9.59 Å². The van der Waals surface area contributed by atoms with Crippen molar-refractivity contribution in [3.63, 3.8) is 0 Å². The standard InChI is InChI=1S/C22H26N2O2/c1-14(2)17-6-8-19(9-7-17)23-22(26)18-12-21(25)24(13-18)20-10-5-15(3)16(4)11-20/h5-11,14,18H,12-13H2,1-4H3,(H,23,26)/t18-/m0/s1. The lowest BCUT2D eigenvalue weighted by atomic mass is 10.0. The van der Waals surface area contributed by atoms with E-state index >= 15 is 0 Å². The largest absolute Gasteiger partial charge is 0.326 e. The van der Waals surface area contributed by atoms with E-state index in [0.717, 1.165) is 16.9 Å². The Hall–Kier alpha value is -2.62. The molecule has 1 fully saturated rings. The maximum Gasteiger partial charge on any atom is 0.229 e. The van der Waals surface area contributed by atoms with E-state index in [2.05, 4.69) is 19.2 Å². The lowest BCUT2D eigenvalue weighted by Gasteiger charge is -2.18. The van der Waals surface area contributed by atoms with E-state index in [-0.39, 0.29) is 24.2 Å². The van der Waals surface area contributed by atoms with Crippen molar-refractivity contribution in [2.45, 2.75) is 40.0 Å². The smallest absolute Gasteiger partial charge is 0.229 e. The molecule has 1 heterocycles. The Kier molecular flexibility index (Phi) is 5.12. The van der Waals surface area contributed by atoms with Crippen molar-refractivity contribution in [3.05, 3.63) is 59.2 Å². The lowest BCUT2D eigenvalue weighted by Crippen LogP contribution is -2.28. The molecule has 2 amide bonds. The molecule has 2 aromatic rings. The van der Waals surface area contributed by atoms with Gasteiger partial charge >= 0.3 is 0 Å². The monoisotopic (exact) mass is 350 g/mol. The van der Waals surface area contributed by atoms with E-state index < -0.39 is 0 Å². The van der Waals surface area contributed by atoms with Gasteiger partial charge in [0, 0.05) is 24.3 Å². The first-order valence-corrected chi connectivity index (χ1v) is 9.13. The summed E-state index contributed by atoms with van der Waals surface area (Å²) in [5.74, 6) is 0.0400. The minimum absolute atomic E-state index is 0.00330. The second-order valence-electron chi connectivity index (χ2n) is 7.44. The van der Waals surface area contributed by atoms with Crippen LogP contribution in [0.2, 0.25) is 0 Å². The van der Waals surface area contributed by atoms with Gasteiger partial charge in [0.25, 0.3) is 0 Å². The summed E-state index contributed by atoms with van der Waals surface area (Å²) in [6.07, 6.45) is 0.253. The zero-order valence-corrected chi connectivity index (χ0v) is 15.9. The van der Waals surface area contributed by atoms with Gasteiger partial charge in [-0.05, 0) is 60.7 Å². The first kappa shape index (κ1) is 18.2. The normalized spacial score (nSPS) is 17.0. The van der Waals surface area contributed by atoms with Crippen LogP contribution >= 0.6 is 0 Å². The average Bonchev–Trinajstić information content (AvgIpc) is 3.00. The predicted octanol–water partition coefficient (Wildman–Crippen LogP) is 4.42. The molecule has 1 aliphatic rings. The van der Waals surface area contributed by atoms with E-state index in [1.807, 2.05) is 56.3 Å². The molecule has 0 spiro atoms. The van der Waals surface area contributed by atoms with E-state index in [4.69, 9.17) is 0 Å². The molecule has 4 heteroatoms. The number of hydrogen-bond acceptors (Lipinski definition) is 2. The highest BCUT2D eigenvalue weighted by molar-refractivity contribution is 6.03. The van der Waals surface area contributed by atoms with Gasteiger partial charge in [0.1, 0.15) is 0 Å². The van der Waals surface area contributed by atoms with Gasteiger partial charge in [-0.25, -0.2) is 0 Å². The summed E-state index contributed by atoms with van der Waals surface area (Å²) in [4.78, 5) is 26.7. The summed E-state index contributed by atoms with van der Waals surface area (Å²) in [6.45, 7) is 8.78. The predicted molar refractivity (Wildman–Crippen MR) is 106 cm³/mol. The fourth-order valence-corrected chi connectivity index (χ4v) is 3.22. The van der Waals surface area contributed by atoms with Crippen LogP contribution in [0.1, 0.15) is 42.9 Å². The number of hydrogen-bond donors (Lipinski definition) is 1. The van der Waals surface area contributed by atoms with Gasteiger partial charge in [0.15, 0.2) is 0 Å². The molecule has 2 aromatic carbocycles. The van der Waals surface area contributed by atoms with Crippen molar-refractivity contribution < 1.29 is 9.59 Å². The highest BCUT2D eigenvalue weighted by atomic mass is 16.2. The Bertz CT molecular complexity index is 825. The zero-order chi connectivity index (χ0) is 18.8. The molecule has 0 radical (unpaired) electrons. The summed E-state index contributed by atoms with van der Waals surface area (Å²) >= 11 is 0. The first-order chi connectivity index (χ1) is 12.3. The van der Waals surface area contributed by atoms with Crippen LogP contribution in [-0.4, -0.2) is 18.4 Å². The maximum absolute atomic E-state index is 12.6. The molecule has 0 unspecified atom stereocenters. The van der Waals surface area contributed by atoms with E-state index in [1.165, 1.54) is 11.1 Å². The molecule has 0 bridgehead atoms. The molecule has 1 atom stereocenters. The maximum atomic E-state index is 12.6. The van der Waals surface area contributed by atoms with Crippen LogP contribution in [-0.2, 0) is 9.59 Å². The van der Waals surface area contributed by atoms with Gasteiger partial charge in [0.2, 0.25) is 11.8 Å². The van der Waals surface area contributed by atoms with Crippen LogP contribution in [0.15, 0.2) is 42.5 Å². The Morgan fingerprint density at radius 1 is 1.08 bits per heavy atom. The number of nitrogens with zero attached hydrogens (tertiary/aromatic N) is 1. The minimum Gasteiger partial charge on any atom is -0.326 e. The Morgan fingerprint density at radius 2 is 1.77 bits per heavy atom. The van der Waals surface area contributed by atoms with Crippen LogP contribution in [0.3, 0.4) is 0 Å². The highest BCUT2D eigenvalue weighted by Crippen LogP contribution is 2.28. The summed E-state index contributed by atoms with van der Waals surface area (Å²) < 4.78 is 0. The number of amides is 2. The third-order valence-corrected chi connectivity index (χ3v) is 5.14. The van der Waals surface area contributed by atoms with Crippen LogP contribution < -0.4 is 10.2 Å². The van der Waals surface area contributed by atoms with Gasteiger partial charge in [-0.3, -0.25) is 9.59 Å². The van der Waals surface area contributed by atoms with Gasteiger partial charge in [0.05, 0.1) is 5.92 Å². The molecule has 136 valence electrons. The SMILES string of the molecule is Cc1ccc(N2C[C@@H](C(=O)Nc3ccc(C(C)C)cc3)CC2=O)cc1C. The second kappa shape index (κ2) is 7.32. The molecule has 0 saturated carbocycles. The first-order valence-electron chi connectivity index (χ1n) is 9.13. The minimum atomic E-state index is -0.325. The number of carbonyl (C=O) groups excluding carboxylic acids is 2. The van der Waals surface area contributed by atoms with Crippen LogP contribution in [0.25, 0.3) is 0 Å². The third kappa shape index (κ3) is 3.79. The van der Waals surface area contributed by atoms with E-state index in [1.54, 1.807) is 4.90 Å². The second-order valence-corrected chi connectivity index (χ2v) is 7.44. The quantitative estimate of drug-likeness (QED) is 0.887. The van der Waals surface area contributed by atoms with Crippen molar-refractivity contribution in [3.8, 4) is 0 Å². The molecule has 3 rings (SSSR count). The molecular formula is C22H26N2O2. The molecule has 0 aromatic heterocycles. The summed E-state index contributed by atoms with van der Waals surface area (Å²) in [6, 6.07) is 13.9. The molecule has 1 saturated heterocycles. The van der Waals surface area contributed by atoms with Gasteiger partial charge < -0.3 is 10.2 Å². The van der Waals surface area contributed by atoms with Crippen molar-refractivity contribution in [2.75, 3.05) is 16.8 Å². The lowest BCUT2D eigenvalue weighted by molar-refractivity contribution is -0.122. The fraction of sp³-hybridized carbons (Fsp3) is 0.364. The van der Waals surface area contributed by atoms with Gasteiger partial charge in [-0.15, -0.1) is 0 Å². The summed E-state index contributed by atoms with van der Waals surface area (Å²) in [7, 11) is 0. The highest BCUT2D eigenvalue weighted by Gasteiger charge is 2.35. The molecular weight excluding hydrogens is 324 g/mol. The Balaban J connectivity index is 1.67. The molecule has 4 nitrogen and oxygen atoms in total. The zero-order valence-electron chi connectivity index (χ0n) is 15.9. The topological polar surface area (TPSA) is 49.4 Å². The number of anilines is 2. The average molecular weight is 350 g/mol. The molecule has 26 heavy (non-hydrogen) atoms. The fourth-order valence-electron chi connectivity index (χ4n) is 3.22. The molecule has 1 N–H and O–H groups in total. The Labute approximate surface area is 155 Å². The number of aryl methyl sites for hydroxylation is 2. The van der Waals surface area contributed by atoms with Gasteiger partial charge in [-0.1, -0.05) is 32.0 Å². The molecule has 1 aliphatic heterocycles. The number of carbonyl (C=O) groups is 2. The van der Waals surface area contributed by atoms with Gasteiger partial charge in [-0.2, -0.15) is 0 Å². The van der Waals surface area contributed by atoms with Crippen molar-refractivity contribution >= 4 is 23.2 Å². The van der Waals surface area contributed by atoms with Crippen molar-refractivity contribution in [1.82, 2.24) is 0 Å². The number of nitrogens with one attached hydrogen (secondary N) is 1. The van der Waals surface area contributed by atoms with Crippen LogP contribution in [0.5, 0.6) is 0 Å². The van der Waals surface area contributed by atoms with Crippen molar-refractivity contribution in [1.29, 1.82) is 0 Å². The van der Waals surface area contributed by atoms with E-state index in [0.29, 0.717) is 12.5 Å². The van der Waals surface area contributed by atoms with Crippen LogP contribution in [0, 0.1) is 19.8 Å². The number of benzene rings is 2. The third-order valence-electron chi connectivity index (χ3n) is 5.14. The van der Waals surface area contributed by atoms with Crippen LogP contribution in [0.4, 0.5) is 11.4 Å². The Morgan fingerprint density at radius 3 is 2.38 bits per heavy atom. The van der Waals surface area contributed by atoms with Crippen molar-refractivity contribution in [2.24, 2.45) is 5.92 Å². The summed E-state index contributed by atoms with van der Waals surface area (Å²) in [5.41, 5.74) is 5.22. The summed E-state index contributed by atoms with van der Waals surface area (Å²) in [5, 5.41) is 2.95. The number of rotatable bonds is 4.